The summed E-state index contributed by atoms with van der Waals surface area (Å²) in [6.07, 6.45) is 1.89. The van der Waals surface area contributed by atoms with Crippen LogP contribution in [0.3, 0.4) is 0 Å². The number of rotatable bonds is 2. The molecule has 94 valence electrons. The average molecular weight is 261 g/mol. The highest BCUT2D eigenvalue weighted by Crippen LogP contribution is 2.29. The molecule has 2 aromatic rings. The van der Waals surface area contributed by atoms with Gasteiger partial charge in [-0.3, -0.25) is 0 Å². The van der Waals surface area contributed by atoms with Crippen LogP contribution in [0.5, 0.6) is 0 Å². The van der Waals surface area contributed by atoms with E-state index >= 15 is 0 Å². The van der Waals surface area contributed by atoms with Crippen molar-refractivity contribution >= 4 is 23.2 Å². The molecule has 2 heterocycles. The molecule has 0 fully saturated rings. The fourth-order valence-corrected chi connectivity index (χ4v) is 2.63. The lowest BCUT2D eigenvalue weighted by atomic mass is 10.0. The van der Waals surface area contributed by atoms with Gasteiger partial charge in [0.25, 0.3) is 0 Å². The molecular weight excluding hydrogens is 246 g/mol. The van der Waals surface area contributed by atoms with Gasteiger partial charge in [-0.2, -0.15) is 14.9 Å². The molecule has 5 nitrogen and oxygen atoms in total. The van der Waals surface area contributed by atoms with Gasteiger partial charge < -0.3 is 5.73 Å². The van der Waals surface area contributed by atoms with Crippen LogP contribution in [0, 0.1) is 18.3 Å². The van der Waals surface area contributed by atoms with Crippen molar-refractivity contribution in [2.24, 2.45) is 0 Å². The number of nitrogen functional groups attached to an aromatic ring is 1. The lowest BCUT2D eigenvalue weighted by Gasteiger charge is -2.07. The number of nitriles is 1. The Kier molecular flexibility index (Phi) is 3.18. The molecule has 0 aromatic carbocycles. The maximum Gasteiger partial charge on any atom is 0.162 e. The Morgan fingerprint density at radius 1 is 1.44 bits per heavy atom. The molecule has 0 aliphatic rings. The van der Waals surface area contributed by atoms with Gasteiger partial charge in [0.15, 0.2) is 5.65 Å². The zero-order chi connectivity index (χ0) is 13.4. The topological polar surface area (TPSA) is 80.0 Å². The third-order valence-corrected chi connectivity index (χ3v) is 3.55. The third-order valence-electron chi connectivity index (χ3n) is 2.87. The monoisotopic (exact) mass is 261 g/mol. The molecule has 6 heteroatoms. The van der Waals surface area contributed by atoms with Crippen molar-refractivity contribution in [3.05, 3.63) is 16.8 Å². The van der Waals surface area contributed by atoms with Gasteiger partial charge in [-0.05, 0) is 19.1 Å². The van der Waals surface area contributed by atoms with Crippen LogP contribution in [-0.2, 0) is 0 Å². The van der Waals surface area contributed by atoms with Crippen molar-refractivity contribution in [1.29, 1.82) is 5.26 Å². The van der Waals surface area contributed by atoms with Crippen LogP contribution >= 0.6 is 11.8 Å². The molecule has 0 spiro atoms. The van der Waals surface area contributed by atoms with Gasteiger partial charge in [0.1, 0.15) is 22.5 Å². The van der Waals surface area contributed by atoms with Crippen LogP contribution in [0.2, 0.25) is 0 Å². The first-order valence-electron chi connectivity index (χ1n) is 5.64. The SMILES string of the molecule is CSc1nc2c(C(C)C)c(C)nn2c(N)c1C#N. The van der Waals surface area contributed by atoms with Crippen molar-refractivity contribution in [3.8, 4) is 6.07 Å². The minimum Gasteiger partial charge on any atom is -0.382 e. The fourth-order valence-electron chi connectivity index (χ4n) is 2.10. The van der Waals surface area contributed by atoms with Crippen molar-refractivity contribution in [3.63, 3.8) is 0 Å². The zero-order valence-corrected chi connectivity index (χ0v) is 11.7. The summed E-state index contributed by atoms with van der Waals surface area (Å²) >= 11 is 1.42. The van der Waals surface area contributed by atoms with Gasteiger partial charge >= 0.3 is 0 Å². The Morgan fingerprint density at radius 3 is 2.61 bits per heavy atom. The number of aryl methyl sites for hydroxylation is 1. The highest BCUT2D eigenvalue weighted by molar-refractivity contribution is 7.98. The lowest BCUT2D eigenvalue weighted by molar-refractivity contribution is 0.859. The predicted molar refractivity (Wildman–Crippen MR) is 72.7 cm³/mol. The fraction of sp³-hybridized carbons (Fsp3) is 0.417. The molecule has 0 atom stereocenters. The molecule has 0 saturated carbocycles. The predicted octanol–water partition coefficient (Wildman–Crippen LogP) is 2.34. The average Bonchev–Trinajstić information content (AvgIpc) is 2.65. The van der Waals surface area contributed by atoms with Crippen LogP contribution in [0.25, 0.3) is 5.65 Å². The smallest absolute Gasteiger partial charge is 0.162 e. The number of nitrogens with two attached hydrogens (primary N) is 1. The van der Waals surface area contributed by atoms with Crippen LogP contribution in [0.1, 0.15) is 36.6 Å². The van der Waals surface area contributed by atoms with Crippen molar-refractivity contribution in [2.45, 2.75) is 31.7 Å². The van der Waals surface area contributed by atoms with Gasteiger partial charge in [-0.25, -0.2) is 4.98 Å². The molecule has 2 rings (SSSR count). The van der Waals surface area contributed by atoms with Crippen molar-refractivity contribution < 1.29 is 0 Å². The Bertz CT molecular complexity index is 651. The summed E-state index contributed by atoms with van der Waals surface area (Å²) in [5.74, 6) is 0.680. The summed E-state index contributed by atoms with van der Waals surface area (Å²) in [6, 6.07) is 2.10. The molecule has 0 aliphatic heterocycles. The van der Waals surface area contributed by atoms with E-state index in [2.05, 4.69) is 30.0 Å². The Labute approximate surface area is 110 Å². The van der Waals surface area contributed by atoms with Crippen LogP contribution in [0.4, 0.5) is 5.82 Å². The first-order chi connectivity index (χ1) is 8.51. The second-order valence-corrected chi connectivity index (χ2v) is 5.18. The minimum atomic E-state index is 0.317. The first kappa shape index (κ1) is 12.7. The highest BCUT2D eigenvalue weighted by Gasteiger charge is 2.19. The van der Waals surface area contributed by atoms with Crippen LogP contribution < -0.4 is 5.73 Å². The van der Waals surface area contributed by atoms with E-state index in [1.807, 2.05) is 13.2 Å². The molecule has 18 heavy (non-hydrogen) atoms. The number of aromatic nitrogens is 3. The molecule has 0 amide bonds. The normalized spacial score (nSPS) is 11.1. The van der Waals surface area contributed by atoms with Crippen molar-refractivity contribution in [2.75, 3.05) is 12.0 Å². The second-order valence-electron chi connectivity index (χ2n) is 4.38. The van der Waals surface area contributed by atoms with Gasteiger partial charge in [-0.1, -0.05) is 13.8 Å². The second kappa shape index (κ2) is 4.50. The highest BCUT2D eigenvalue weighted by atomic mass is 32.2. The lowest BCUT2D eigenvalue weighted by Crippen LogP contribution is -2.06. The molecule has 0 saturated heterocycles. The molecule has 0 bridgehead atoms. The van der Waals surface area contributed by atoms with E-state index in [-0.39, 0.29) is 0 Å². The van der Waals surface area contributed by atoms with Gasteiger partial charge in [0.2, 0.25) is 0 Å². The number of hydrogen-bond acceptors (Lipinski definition) is 5. The molecule has 0 unspecified atom stereocenters. The van der Waals surface area contributed by atoms with E-state index in [0.29, 0.717) is 22.3 Å². The number of fused-ring (bicyclic) bond motifs is 1. The van der Waals surface area contributed by atoms with Crippen LogP contribution in [0.15, 0.2) is 5.03 Å². The largest absolute Gasteiger partial charge is 0.382 e. The van der Waals surface area contributed by atoms with Crippen molar-refractivity contribution in [1.82, 2.24) is 14.6 Å². The molecule has 2 N–H and O–H groups in total. The Hall–Kier alpha value is -1.74. The van der Waals surface area contributed by atoms with Gasteiger partial charge in [-0.15, -0.1) is 11.8 Å². The van der Waals surface area contributed by atoms with E-state index in [4.69, 9.17) is 11.0 Å². The van der Waals surface area contributed by atoms with E-state index < -0.39 is 0 Å². The maximum atomic E-state index is 9.15. The van der Waals surface area contributed by atoms with E-state index in [1.165, 1.54) is 11.8 Å². The number of anilines is 1. The Balaban J connectivity index is 2.92. The van der Waals surface area contributed by atoms with E-state index in [0.717, 1.165) is 16.9 Å². The quantitative estimate of drug-likeness (QED) is 0.663. The summed E-state index contributed by atoms with van der Waals surface area (Å²) in [5, 5.41) is 14.2. The summed E-state index contributed by atoms with van der Waals surface area (Å²) < 4.78 is 1.57. The Morgan fingerprint density at radius 2 is 2.11 bits per heavy atom. The summed E-state index contributed by atoms with van der Waals surface area (Å²) in [5.41, 5.74) is 9.16. The van der Waals surface area contributed by atoms with E-state index in [1.54, 1.807) is 4.52 Å². The summed E-state index contributed by atoms with van der Waals surface area (Å²) in [6.45, 7) is 6.13. The van der Waals surface area contributed by atoms with E-state index in [9.17, 15) is 0 Å². The number of hydrogen-bond donors (Lipinski definition) is 1. The number of thioether (sulfide) groups is 1. The van der Waals surface area contributed by atoms with Gasteiger partial charge in [0, 0.05) is 5.56 Å². The molecule has 0 radical (unpaired) electrons. The number of nitrogens with zero attached hydrogens (tertiary/aromatic N) is 4. The molecule has 2 aromatic heterocycles. The minimum absolute atomic E-state index is 0.317. The first-order valence-corrected chi connectivity index (χ1v) is 6.86. The zero-order valence-electron chi connectivity index (χ0n) is 10.9. The molecular formula is C12H15N5S. The van der Waals surface area contributed by atoms with Crippen LogP contribution in [-0.4, -0.2) is 20.9 Å². The summed E-state index contributed by atoms with van der Waals surface area (Å²) in [7, 11) is 0. The maximum absolute atomic E-state index is 9.15. The summed E-state index contributed by atoms with van der Waals surface area (Å²) in [4.78, 5) is 4.53. The standard InChI is InChI=1S/C12H15N5S/c1-6(2)9-7(3)16-17-10(14)8(5-13)12(18-4)15-11(9)17/h6H,14H2,1-4H3. The molecule has 0 aliphatic carbocycles. The third kappa shape index (κ3) is 1.71. The van der Waals surface area contributed by atoms with Gasteiger partial charge in [0.05, 0.1) is 5.69 Å².